The molecule has 76 valence electrons. The SMILES string of the molecule is CC#CCCc1cc2ccc(Br)cc2o1. The molecule has 0 N–H and O–H groups in total. The summed E-state index contributed by atoms with van der Waals surface area (Å²) in [6.45, 7) is 1.86. The molecule has 1 aromatic carbocycles. The van der Waals surface area contributed by atoms with Gasteiger partial charge in [0, 0.05) is 22.7 Å². The number of halogens is 1. The standard InChI is InChI=1S/C13H11BrO/c1-2-3-4-5-12-8-10-6-7-11(14)9-13(10)15-12/h6-9H,4-5H2,1H3. The first-order valence-electron chi connectivity index (χ1n) is 4.87. The van der Waals surface area contributed by atoms with E-state index in [1.54, 1.807) is 0 Å². The molecule has 2 aromatic rings. The van der Waals surface area contributed by atoms with Crippen LogP contribution >= 0.6 is 15.9 Å². The molecule has 1 nitrogen and oxygen atoms in total. The van der Waals surface area contributed by atoms with Gasteiger partial charge in [-0.25, -0.2) is 0 Å². The van der Waals surface area contributed by atoms with E-state index in [1.165, 1.54) is 0 Å². The molecule has 0 aliphatic heterocycles. The Labute approximate surface area is 97.6 Å². The molecule has 0 atom stereocenters. The van der Waals surface area contributed by atoms with Crippen LogP contribution in [0.15, 0.2) is 33.2 Å². The quantitative estimate of drug-likeness (QED) is 0.742. The van der Waals surface area contributed by atoms with Gasteiger partial charge in [0.2, 0.25) is 0 Å². The maximum atomic E-state index is 5.70. The van der Waals surface area contributed by atoms with Gasteiger partial charge in [-0.1, -0.05) is 15.9 Å². The van der Waals surface area contributed by atoms with Crippen molar-refractivity contribution in [2.24, 2.45) is 0 Å². The predicted molar refractivity (Wildman–Crippen MR) is 65.7 cm³/mol. The Kier molecular flexibility index (Phi) is 3.13. The van der Waals surface area contributed by atoms with Gasteiger partial charge in [0.1, 0.15) is 11.3 Å². The van der Waals surface area contributed by atoms with Crippen molar-refractivity contribution in [1.29, 1.82) is 0 Å². The Balaban J connectivity index is 2.25. The molecular formula is C13H11BrO. The van der Waals surface area contributed by atoms with Crippen molar-refractivity contribution in [3.05, 3.63) is 34.5 Å². The first-order chi connectivity index (χ1) is 7.29. The molecule has 15 heavy (non-hydrogen) atoms. The molecule has 0 radical (unpaired) electrons. The van der Waals surface area contributed by atoms with Crippen LogP contribution in [0.25, 0.3) is 11.0 Å². The van der Waals surface area contributed by atoms with E-state index in [0.29, 0.717) is 0 Å². The summed E-state index contributed by atoms with van der Waals surface area (Å²) < 4.78 is 6.74. The van der Waals surface area contributed by atoms with Crippen molar-refractivity contribution in [2.75, 3.05) is 0 Å². The lowest BCUT2D eigenvalue weighted by Crippen LogP contribution is -1.77. The molecule has 2 rings (SSSR count). The van der Waals surface area contributed by atoms with Crippen molar-refractivity contribution >= 4 is 26.9 Å². The maximum Gasteiger partial charge on any atom is 0.135 e. The average molecular weight is 263 g/mol. The highest BCUT2D eigenvalue weighted by atomic mass is 79.9. The molecule has 0 fully saturated rings. The molecule has 0 amide bonds. The fraction of sp³-hybridized carbons (Fsp3) is 0.231. The van der Waals surface area contributed by atoms with Crippen molar-refractivity contribution in [1.82, 2.24) is 0 Å². The van der Waals surface area contributed by atoms with E-state index < -0.39 is 0 Å². The monoisotopic (exact) mass is 262 g/mol. The summed E-state index contributed by atoms with van der Waals surface area (Å²) in [7, 11) is 0. The summed E-state index contributed by atoms with van der Waals surface area (Å²) in [4.78, 5) is 0. The van der Waals surface area contributed by atoms with Gasteiger partial charge in [-0.05, 0) is 31.2 Å². The number of rotatable bonds is 2. The van der Waals surface area contributed by atoms with Crippen LogP contribution in [0.3, 0.4) is 0 Å². The van der Waals surface area contributed by atoms with Gasteiger partial charge in [-0.2, -0.15) is 0 Å². The summed E-state index contributed by atoms with van der Waals surface area (Å²) in [5.41, 5.74) is 0.934. The lowest BCUT2D eigenvalue weighted by molar-refractivity contribution is 0.550. The molecule has 0 unspecified atom stereocenters. The summed E-state index contributed by atoms with van der Waals surface area (Å²) in [6, 6.07) is 8.15. The van der Waals surface area contributed by atoms with Crippen molar-refractivity contribution in [2.45, 2.75) is 19.8 Å². The van der Waals surface area contributed by atoms with Crippen LogP contribution in [0.1, 0.15) is 19.1 Å². The molecule has 0 aliphatic rings. The molecule has 0 aliphatic carbocycles. The second-order valence-electron chi connectivity index (χ2n) is 3.32. The first kappa shape index (κ1) is 10.3. The van der Waals surface area contributed by atoms with E-state index >= 15 is 0 Å². The van der Waals surface area contributed by atoms with E-state index in [2.05, 4.69) is 39.9 Å². The molecular weight excluding hydrogens is 252 g/mol. The molecule has 0 bridgehead atoms. The van der Waals surface area contributed by atoms with Crippen LogP contribution in [0.2, 0.25) is 0 Å². The number of furan rings is 1. The third-order valence-electron chi connectivity index (χ3n) is 2.21. The lowest BCUT2D eigenvalue weighted by Gasteiger charge is -1.89. The summed E-state index contributed by atoms with van der Waals surface area (Å²) >= 11 is 3.42. The van der Waals surface area contributed by atoms with Crippen LogP contribution in [0.5, 0.6) is 0 Å². The van der Waals surface area contributed by atoms with Gasteiger partial charge < -0.3 is 4.42 Å². The van der Waals surface area contributed by atoms with Gasteiger partial charge in [0.15, 0.2) is 0 Å². The van der Waals surface area contributed by atoms with Crippen LogP contribution < -0.4 is 0 Å². The average Bonchev–Trinajstić information content (AvgIpc) is 2.60. The van der Waals surface area contributed by atoms with Crippen molar-refractivity contribution in [3.8, 4) is 11.8 Å². The fourth-order valence-corrected chi connectivity index (χ4v) is 1.83. The smallest absolute Gasteiger partial charge is 0.135 e. The second-order valence-corrected chi connectivity index (χ2v) is 4.24. The Morgan fingerprint density at radius 3 is 3.00 bits per heavy atom. The number of fused-ring (bicyclic) bond motifs is 1. The number of hydrogen-bond donors (Lipinski definition) is 0. The van der Waals surface area contributed by atoms with Gasteiger partial charge in [-0.3, -0.25) is 0 Å². The Bertz CT molecular complexity index is 528. The molecule has 0 saturated heterocycles. The number of aryl methyl sites for hydroxylation is 1. The third kappa shape index (κ3) is 2.43. The zero-order chi connectivity index (χ0) is 10.7. The van der Waals surface area contributed by atoms with Crippen molar-refractivity contribution < 1.29 is 4.42 Å². The predicted octanol–water partition coefficient (Wildman–Crippen LogP) is 4.15. The van der Waals surface area contributed by atoms with E-state index in [1.807, 2.05) is 19.1 Å². The topological polar surface area (TPSA) is 13.1 Å². The third-order valence-corrected chi connectivity index (χ3v) is 2.70. The molecule has 0 saturated carbocycles. The second kappa shape index (κ2) is 4.55. The highest BCUT2D eigenvalue weighted by molar-refractivity contribution is 9.10. The Morgan fingerprint density at radius 1 is 1.33 bits per heavy atom. The first-order valence-corrected chi connectivity index (χ1v) is 5.66. The maximum absolute atomic E-state index is 5.70. The minimum Gasteiger partial charge on any atom is -0.461 e. The zero-order valence-corrected chi connectivity index (χ0v) is 10.1. The van der Waals surface area contributed by atoms with E-state index in [9.17, 15) is 0 Å². The van der Waals surface area contributed by atoms with Gasteiger partial charge in [0.25, 0.3) is 0 Å². The van der Waals surface area contributed by atoms with E-state index in [-0.39, 0.29) is 0 Å². The highest BCUT2D eigenvalue weighted by Gasteiger charge is 2.02. The Morgan fingerprint density at radius 2 is 2.20 bits per heavy atom. The normalized spacial score (nSPS) is 10.0. The van der Waals surface area contributed by atoms with E-state index in [0.717, 1.165) is 34.0 Å². The Hall–Kier alpha value is -1.20. The molecule has 0 spiro atoms. The fourth-order valence-electron chi connectivity index (χ4n) is 1.49. The van der Waals surface area contributed by atoms with Crippen molar-refractivity contribution in [3.63, 3.8) is 0 Å². The van der Waals surface area contributed by atoms with Gasteiger partial charge >= 0.3 is 0 Å². The van der Waals surface area contributed by atoms with Crippen LogP contribution in [-0.4, -0.2) is 0 Å². The minimum absolute atomic E-state index is 0.859. The molecule has 2 heteroatoms. The zero-order valence-electron chi connectivity index (χ0n) is 8.51. The number of benzene rings is 1. The largest absolute Gasteiger partial charge is 0.461 e. The van der Waals surface area contributed by atoms with Gasteiger partial charge in [-0.15, -0.1) is 11.8 Å². The molecule has 1 aromatic heterocycles. The molecule has 1 heterocycles. The lowest BCUT2D eigenvalue weighted by atomic mass is 10.2. The minimum atomic E-state index is 0.859. The van der Waals surface area contributed by atoms with Crippen LogP contribution in [0, 0.1) is 11.8 Å². The highest BCUT2D eigenvalue weighted by Crippen LogP contribution is 2.23. The van der Waals surface area contributed by atoms with E-state index in [4.69, 9.17) is 4.42 Å². The summed E-state index contributed by atoms with van der Waals surface area (Å²) in [6.07, 6.45) is 1.74. The number of hydrogen-bond acceptors (Lipinski definition) is 1. The van der Waals surface area contributed by atoms with Gasteiger partial charge in [0.05, 0.1) is 0 Å². The van der Waals surface area contributed by atoms with Crippen LogP contribution in [-0.2, 0) is 6.42 Å². The summed E-state index contributed by atoms with van der Waals surface area (Å²) in [5.74, 6) is 6.92. The van der Waals surface area contributed by atoms with Crippen LogP contribution in [0.4, 0.5) is 0 Å². The summed E-state index contributed by atoms with van der Waals surface area (Å²) in [5, 5.41) is 1.15.